The van der Waals surface area contributed by atoms with Crippen LogP contribution in [0.3, 0.4) is 0 Å². The molecule has 0 unspecified atom stereocenters. The van der Waals surface area contributed by atoms with Crippen LogP contribution in [0.15, 0.2) is 40.2 Å². The third kappa shape index (κ3) is 3.22. The van der Waals surface area contributed by atoms with Gasteiger partial charge < -0.3 is 5.32 Å². The largest absolute Gasteiger partial charge is 0.343 e. The number of hydrogen-bond acceptors (Lipinski definition) is 6. The molecule has 10 heteroatoms. The molecule has 3 rings (SSSR count). The third-order valence-electron chi connectivity index (χ3n) is 3.65. The average Bonchev–Trinajstić information content (AvgIpc) is 3.11. The maximum atomic E-state index is 12.2. The highest BCUT2D eigenvalue weighted by molar-refractivity contribution is 5.92. The number of carbonyl (C=O) groups is 1. The molecule has 10 nitrogen and oxygen atoms in total. The Bertz CT molecular complexity index is 1030. The number of amides is 1. The molecule has 0 saturated carbocycles. The van der Waals surface area contributed by atoms with Crippen LogP contribution in [-0.4, -0.2) is 35.2 Å². The fraction of sp³-hybridized carbons (Fsp3) is 0.200. The van der Waals surface area contributed by atoms with Crippen molar-refractivity contribution in [2.75, 3.05) is 0 Å². The molecule has 25 heavy (non-hydrogen) atoms. The second-order valence-corrected chi connectivity index (χ2v) is 5.29. The second kappa shape index (κ2) is 6.51. The SMILES string of the molecule is Cn1c(C(=O)NCc2nc(-c3ccncc3)n[nH]2)cc(=O)n(C)c1=O. The van der Waals surface area contributed by atoms with Crippen LogP contribution in [0, 0.1) is 0 Å². The van der Waals surface area contributed by atoms with E-state index >= 15 is 0 Å². The molecule has 0 aliphatic rings. The van der Waals surface area contributed by atoms with Gasteiger partial charge >= 0.3 is 5.69 Å². The summed E-state index contributed by atoms with van der Waals surface area (Å²) in [6.45, 7) is 0.0698. The van der Waals surface area contributed by atoms with E-state index in [0.29, 0.717) is 11.6 Å². The molecule has 2 N–H and O–H groups in total. The molecule has 3 aromatic rings. The van der Waals surface area contributed by atoms with E-state index in [1.165, 1.54) is 14.1 Å². The summed E-state index contributed by atoms with van der Waals surface area (Å²) in [5, 5.41) is 9.40. The van der Waals surface area contributed by atoms with E-state index in [1.807, 2.05) is 0 Å². The summed E-state index contributed by atoms with van der Waals surface area (Å²) in [6.07, 6.45) is 3.26. The molecule has 0 saturated heterocycles. The van der Waals surface area contributed by atoms with Gasteiger partial charge in [0.15, 0.2) is 5.82 Å². The van der Waals surface area contributed by atoms with Crippen LogP contribution in [0.2, 0.25) is 0 Å². The van der Waals surface area contributed by atoms with Gasteiger partial charge in [0.05, 0.1) is 6.54 Å². The molecule has 0 radical (unpaired) electrons. The van der Waals surface area contributed by atoms with Gasteiger partial charge in [0.2, 0.25) is 0 Å². The van der Waals surface area contributed by atoms with E-state index < -0.39 is 17.2 Å². The van der Waals surface area contributed by atoms with Gasteiger partial charge in [-0.15, -0.1) is 0 Å². The number of H-pyrrole nitrogens is 1. The molecule has 1 amide bonds. The zero-order chi connectivity index (χ0) is 18.0. The zero-order valence-corrected chi connectivity index (χ0v) is 13.6. The lowest BCUT2D eigenvalue weighted by atomic mass is 10.2. The van der Waals surface area contributed by atoms with Gasteiger partial charge in [-0.1, -0.05) is 0 Å². The van der Waals surface area contributed by atoms with Gasteiger partial charge in [-0.3, -0.25) is 28.8 Å². The van der Waals surface area contributed by atoms with Crippen molar-refractivity contribution in [3.63, 3.8) is 0 Å². The van der Waals surface area contributed by atoms with E-state index in [2.05, 4.69) is 25.5 Å². The van der Waals surface area contributed by atoms with Gasteiger partial charge in [0, 0.05) is 38.1 Å². The highest BCUT2D eigenvalue weighted by Gasteiger charge is 2.14. The Labute approximate surface area is 141 Å². The van der Waals surface area contributed by atoms with Gasteiger partial charge in [-0.05, 0) is 12.1 Å². The van der Waals surface area contributed by atoms with Crippen molar-refractivity contribution in [3.8, 4) is 11.4 Å². The Hall–Kier alpha value is -3.56. The van der Waals surface area contributed by atoms with Gasteiger partial charge in [0.1, 0.15) is 11.5 Å². The number of aromatic amines is 1. The Kier molecular flexibility index (Phi) is 4.25. The quantitative estimate of drug-likeness (QED) is 0.639. The van der Waals surface area contributed by atoms with E-state index in [9.17, 15) is 14.4 Å². The van der Waals surface area contributed by atoms with Gasteiger partial charge in [-0.25, -0.2) is 9.78 Å². The van der Waals surface area contributed by atoms with Crippen molar-refractivity contribution < 1.29 is 4.79 Å². The minimum absolute atomic E-state index is 0.0260. The lowest BCUT2D eigenvalue weighted by Crippen LogP contribution is -2.41. The lowest BCUT2D eigenvalue weighted by Gasteiger charge is -2.09. The van der Waals surface area contributed by atoms with Crippen molar-refractivity contribution in [2.24, 2.45) is 14.1 Å². The van der Waals surface area contributed by atoms with Crippen molar-refractivity contribution in [2.45, 2.75) is 6.54 Å². The summed E-state index contributed by atoms with van der Waals surface area (Å²) < 4.78 is 2.04. The predicted molar refractivity (Wildman–Crippen MR) is 87.7 cm³/mol. The summed E-state index contributed by atoms with van der Waals surface area (Å²) in [6, 6.07) is 4.64. The predicted octanol–water partition coefficient (Wildman–Crippen LogP) is -0.806. The fourth-order valence-corrected chi connectivity index (χ4v) is 2.21. The Morgan fingerprint density at radius 1 is 1.20 bits per heavy atom. The summed E-state index contributed by atoms with van der Waals surface area (Å²) in [5.74, 6) is 0.362. The Morgan fingerprint density at radius 2 is 1.92 bits per heavy atom. The first-order chi connectivity index (χ1) is 12.0. The monoisotopic (exact) mass is 341 g/mol. The van der Waals surface area contributed by atoms with Crippen LogP contribution in [0.1, 0.15) is 16.3 Å². The van der Waals surface area contributed by atoms with E-state index in [-0.39, 0.29) is 12.2 Å². The number of nitrogens with one attached hydrogen (secondary N) is 2. The van der Waals surface area contributed by atoms with Gasteiger partial charge in [0.25, 0.3) is 11.5 Å². The number of hydrogen-bond donors (Lipinski definition) is 2. The van der Waals surface area contributed by atoms with Crippen molar-refractivity contribution in [1.82, 2.24) is 34.6 Å². The normalized spacial score (nSPS) is 10.6. The molecule has 0 atom stereocenters. The minimum atomic E-state index is -0.572. The molecule has 0 aliphatic carbocycles. The lowest BCUT2D eigenvalue weighted by molar-refractivity contribution is 0.0939. The zero-order valence-electron chi connectivity index (χ0n) is 13.6. The fourth-order valence-electron chi connectivity index (χ4n) is 2.21. The number of nitrogens with zero attached hydrogens (tertiary/aromatic N) is 5. The Balaban J connectivity index is 1.75. The summed E-state index contributed by atoms with van der Waals surface area (Å²) in [5.41, 5.74) is -0.357. The van der Waals surface area contributed by atoms with E-state index in [0.717, 1.165) is 20.8 Å². The molecule has 0 fully saturated rings. The molecular weight excluding hydrogens is 326 g/mol. The van der Waals surface area contributed by atoms with Gasteiger partial charge in [-0.2, -0.15) is 5.10 Å². The minimum Gasteiger partial charge on any atom is -0.343 e. The molecule has 128 valence electrons. The first-order valence-corrected chi connectivity index (χ1v) is 7.34. The Morgan fingerprint density at radius 3 is 2.64 bits per heavy atom. The van der Waals surface area contributed by atoms with Crippen LogP contribution in [0.4, 0.5) is 0 Å². The summed E-state index contributed by atoms with van der Waals surface area (Å²) in [7, 11) is 2.77. The first-order valence-electron chi connectivity index (χ1n) is 7.34. The number of pyridine rings is 1. The molecule has 0 spiro atoms. The first kappa shape index (κ1) is 16.3. The van der Waals surface area contributed by atoms with Crippen LogP contribution < -0.4 is 16.6 Å². The summed E-state index contributed by atoms with van der Waals surface area (Å²) in [4.78, 5) is 44.0. The van der Waals surface area contributed by atoms with Crippen molar-refractivity contribution in [1.29, 1.82) is 0 Å². The third-order valence-corrected chi connectivity index (χ3v) is 3.65. The highest BCUT2D eigenvalue weighted by Crippen LogP contribution is 2.12. The number of aromatic nitrogens is 6. The smallest absolute Gasteiger partial charge is 0.331 e. The van der Waals surface area contributed by atoms with E-state index in [1.54, 1.807) is 24.5 Å². The molecule has 3 heterocycles. The van der Waals surface area contributed by atoms with E-state index in [4.69, 9.17) is 0 Å². The second-order valence-electron chi connectivity index (χ2n) is 5.29. The molecular formula is C15H15N7O3. The van der Waals surface area contributed by atoms with Crippen LogP contribution in [-0.2, 0) is 20.6 Å². The number of rotatable bonds is 4. The van der Waals surface area contributed by atoms with Crippen LogP contribution in [0.25, 0.3) is 11.4 Å². The molecule has 0 aliphatic heterocycles. The van der Waals surface area contributed by atoms with Crippen molar-refractivity contribution in [3.05, 3.63) is 62.9 Å². The summed E-state index contributed by atoms with van der Waals surface area (Å²) >= 11 is 0. The molecule has 3 aromatic heterocycles. The standard InChI is InChI=1S/C15H15N7O3/c1-21-10(7-12(23)22(2)15(21)25)14(24)17-8-11-18-13(20-19-11)9-3-5-16-6-4-9/h3-7H,8H2,1-2H3,(H,17,24)(H,18,19,20). The highest BCUT2D eigenvalue weighted by atomic mass is 16.2. The van der Waals surface area contributed by atoms with Crippen LogP contribution in [0.5, 0.6) is 0 Å². The topological polar surface area (TPSA) is 128 Å². The maximum Gasteiger partial charge on any atom is 0.331 e. The average molecular weight is 341 g/mol. The maximum absolute atomic E-state index is 12.2. The van der Waals surface area contributed by atoms with Crippen molar-refractivity contribution >= 4 is 5.91 Å². The number of carbonyl (C=O) groups excluding carboxylic acids is 1. The molecule has 0 aromatic carbocycles. The van der Waals surface area contributed by atoms with Crippen LogP contribution >= 0.6 is 0 Å². The molecule has 0 bridgehead atoms.